The highest BCUT2D eigenvalue weighted by Gasteiger charge is 2.35. The van der Waals surface area contributed by atoms with E-state index in [9.17, 15) is 0 Å². The van der Waals surface area contributed by atoms with Gasteiger partial charge in [0.25, 0.3) is 0 Å². The number of benzene rings is 1. The zero-order valence-electron chi connectivity index (χ0n) is 17.9. The Balaban J connectivity index is 2.61. The van der Waals surface area contributed by atoms with Gasteiger partial charge >= 0.3 is 0 Å². The van der Waals surface area contributed by atoms with Gasteiger partial charge in [-0.15, -0.1) is 0 Å². The van der Waals surface area contributed by atoms with Crippen molar-refractivity contribution in [2.24, 2.45) is 0 Å². The highest BCUT2D eigenvalue weighted by atomic mass is 28.3. The lowest BCUT2D eigenvalue weighted by Crippen LogP contribution is -2.40. The third-order valence-electron chi connectivity index (χ3n) is 5.48. The van der Waals surface area contributed by atoms with Gasteiger partial charge < -0.3 is 4.74 Å². The van der Waals surface area contributed by atoms with Gasteiger partial charge in [-0.2, -0.15) is 0 Å². The Labute approximate surface area is 157 Å². The number of methoxy groups -OCH3 is 1. The summed E-state index contributed by atoms with van der Waals surface area (Å²) < 4.78 is 5.99. The van der Waals surface area contributed by atoms with E-state index in [1.54, 1.807) is 0 Å². The Hall–Kier alpha value is -1.07. The molecule has 1 aromatic rings. The largest absolute Gasteiger partial charge is 0.497 e. The molecule has 0 saturated carbocycles. The first kappa shape index (κ1) is 20.2. The molecule has 0 spiro atoms. The molecule has 0 heterocycles. The second-order valence-corrected chi connectivity index (χ2v) is 20.6. The minimum Gasteiger partial charge on any atom is -0.497 e. The molecule has 1 aromatic carbocycles. The fourth-order valence-electron chi connectivity index (χ4n) is 3.64. The summed E-state index contributed by atoms with van der Waals surface area (Å²) in [6, 6.07) is 4.67. The lowest BCUT2D eigenvalue weighted by atomic mass is 9.77. The van der Waals surface area contributed by atoms with E-state index in [-0.39, 0.29) is 5.41 Å². The monoisotopic (exact) mass is 372 g/mol. The molecule has 0 amide bonds. The van der Waals surface area contributed by atoms with Crippen LogP contribution in [-0.4, -0.2) is 23.3 Å². The fourth-order valence-corrected chi connectivity index (χ4v) is 6.57. The van der Waals surface area contributed by atoms with Crippen molar-refractivity contribution < 1.29 is 4.74 Å². The number of aryl methyl sites for hydroxylation is 1. The molecule has 0 fully saturated rings. The van der Waals surface area contributed by atoms with Gasteiger partial charge in [-0.3, -0.25) is 0 Å². The maximum Gasteiger partial charge on any atom is 0.122 e. The molecule has 138 valence electrons. The van der Waals surface area contributed by atoms with E-state index in [1.807, 2.05) is 7.11 Å². The lowest BCUT2D eigenvalue weighted by molar-refractivity contribution is 0.404. The molecule has 1 unspecified atom stereocenters. The topological polar surface area (TPSA) is 9.23 Å². The number of allylic oxidation sites excluding steroid dienone is 4. The minimum absolute atomic E-state index is 0.0450. The predicted octanol–water partition coefficient (Wildman–Crippen LogP) is 6.03. The number of rotatable bonds is 5. The maximum atomic E-state index is 5.99. The third kappa shape index (κ3) is 4.03. The molecule has 0 N–H and O–H groups in total. The van der Waals surface area contributed by atoms with Crippen LogP contribution in [0, 0.1) is 6.92 Å². The van der Waals surface area contributed by atoms with Crippen LogP contribution in [0.3, 0.4) is 0 Å². The van der Waals surface area contributed by atoms with Crippen molar-refractivity contribution in [1.29, 1.82) is 0 Å². The molecule has 2 rings (SSSR count). The Morgan fingerprint density at radius 1 is 1.00 bits per heavy atom. The summed E-state index contributed by atoms with van der Waals surface area (Å²) in [5, 5.41) is 1.43. The van der Waals surface area contributed by atoms with Gasteiger partial charge in [-0.1, -0.05) is 89.1 Å². The first-order valence-corrected chi connectivity index (χ1v) is 16.5. The zero-order valence-corrected chi connectivity index (χ0v) is 19.9. The summed E-state index contributed by atoms with van der Waals surface area (Å²) in [6.07, 6.45) is 7.30. The smallest absolute Gasteiger partial charge is 0.122 e. The van der Waals surface area contributed by atoms with Crippen LogP contribution in [0.25, 0.3) is 0 Å². The van der Waals surface area contributed by atoms with Gasteiger partial charge in [0.1, 0.15) is 5.75 Å². The first-order chi connectivity index (χ1) is 11.3. The molecule has 0 radical (unpaired) electrons. The molecule has 1 atom stereocenters. The maximum absolute atomic E-state index is 5.99. The van der Waals surface area contributed by atoms with Gasteiger partial charge in [0, 0.05) is 11.0 Å². The molecular formula is C22H36OSi2. The van der Waals surface area contributed by atoms with Crippen molar-refractivity contribution in [3.63, 3.8) is 0 Å². The fraction of sp³-hybridized carbons (Fsp3) is 0.545. The Bertz CT molecular complexity index is 713. The normalized spacial score (nSPS) is 18.5. The van der Waals surface area contributed by atoms with Crippen molar-refractivity contribution in [3.05, 3.63) is 47.1 Å². The molecule has 1 aliphatic carbocycles. The second-order valence-electron chi connectivity index (χ2n) is 10.1. The highest BCUT2D eigenvalue weighted by Crippen LogP contribution is 2.43. The van der Waals surface area contributed by atoms with E-state index in [4.69, 9.17) is 4.74 Å². The Kier molecular flexibility index (Phi) is 5.33. The Morgan fingerprint density at radius 2 is 1.60 bits per heavy atom. The molecule has 25 heavy (non-hydrogen) atoms. The molecule has 0 saturated heterocycles. The van der Waals surface area contributed by atoms with E-state index in [0.29, 0.717) is 5.54 Å². The van der Waals surface area contributed by atoms with Crippen molar-refractivity contribution >= 4 is 21.3 Å². The standard InChI is InChI=1S/C22H36OSi2/c1-16-13-19(21(23-4)20(14-16)25(8,9)10)22(2,3)17-11-12-18(15-17)24(5,6)7/h11-15,18H,1-10H3. The van der Waals surface area contributed by atoms with Gasteiger partial charge in [0.15, 0.2) is 0 Å². The van der Waals surface area contributed by atoms with Gasteiger partial charge in [-0.25, -0.2) is 0 Å². The molecular weight excluding hydrogens is 336 g/mol. The predicted molar refractivity (Wildman–Crippen MR) is 118 cm³/mol. The summed E-state index contributed by atoms with van der Waals surface area (Å²) in [4.78, 5) is 0. The minimum atomic E-state index is -1.48. The summed E-state index contributed by atoms with van der Waals surface area (Å²) >= 11 is 0. The van der Waals surface area contributed by atoms with Crippen LogP contribution in [0.4, 0.5) is 0 Å². The highest BCUT2D eigenvalue weighted by molar-refractivity contribution is 6.89. The molecule has 1 nitrogen and oxygen atoms in total. The van der Waals surface area contributed by atoms with Crippen LogP contribution in [0.2, 0.25) is 44.8 Å². The average molecular weight is 373 g/mol. The van der Waals surface area contributed by atoms with Crippen LogP contribution in [0.15, 0.2) is 35.9 Å². The Morgan fingerprint density at radius 3 is 2.04 bits per heavy atom. The van der Waals surface area contributed by atoms with Crippen LogP contribution >= 0.6 is 0 Å². The van der Waals surface area contributed by atoms with E-state index < -0.39 is 16.1 Å². The van der Waals surface area contributed by atoms with E-state index in [0.717, 1.165) is 5.75 Å². The molecule has 0 aliphatic heterocycles. The van der Waals surface area contributed by atoms with E-state index in [1.165, 1.54) is 21.9 Å². The van der Waals surface area contributed by atoms with Crippen molar-refractivity contribution in [2.45, 2.75) is 71.0 Å². The van der Waals surface area contributed by atoms with Crippen LogP contribution in [0.1, 0.15) is 25.0 Å². The average Bonchev–Trinajstić information content (AvgIpc) is 2.96. The van der Waals surface area contributed by atoms with E-state index in [2.05, 4.69) is 90.4 Å². The zero-order chi connectivity index (χ0) is 19.2. The van der Waals surface area contributed by atoms with Crippen LogP contribution < -0.4 is 9.92 Å². The molecule has 0 aromatic heterocycles. The van der Waals surface area contributed by atoms with Crippen LogP contribution in [0.5, 0.6) is 5.75 Å². The van der Waals surface area contributed by atoms with Gasteiger partial charge in [-0.05, 0) is 23.2 Å². The van der Waals surface area contributed by atoms with Crippen molar-refractivity contribution in [3.8, 4) is 5.75 Å². The number of hydrogen-bond acceptors (Lipinski definition) is 1. The lowest BCUT2D eigenvalue weighted by Gasteiger charge is -2.32. The summed E-state index contributed by atoms with van der Waals surface area (Å²) in [5.41, 5.74) is 4.70. The number of ether oxygens (including phenoxy) is 1. The summed E-state index contributed by atoms with van der Waals surface area (Å²) in [6.45, 7) is 21.5. The van der Waals surface area contributed by atoms with Gasteiger partial charge in [0.05, 0.1) is 23.3 Å². The van der Waals surface area contributed by atoms with Crippen LogP contribution in [-0.2, 0) is 5.41 Å². The third-order valence-corrected chi connectivity index (χ3v) is 9.83. The SMILES string of the molecule is COc1c(C(C)(C)C2=CC([Si](C)(C)C)C=C2)cc(C)cc1[Si](C)(C)C. The summed E-state index contributed by atoms with van der Waals surface area (Å²) in [5.74, 6) is 1.11. The van der Waals surface area contributed by atoms with E-state index >= 15 is 0 Å². The quantitative estimate of drug-likeness (QED) is 0.573. The number of hydrogen-bond donors (Lipinski definition) is 0. The van der Waals surface area contributed by atoms with Gasteiger partial charge in [0.2, 0.25) is 0 Å². The molecule has 3 heteroatoms. The molecule has 1 aliphatic rings. The van der Waals surface area contributed by atoms with Crippen molar-refractivity contribution in [2.75, 3.05) is 7.11 Å². The second kappa shape index (κ2) is 6.58. The summed E-state index contributed by atoms with van der Waals surface area (Å²) in [7, 11) is -0.855. The molecule has 0 bridgehead atoms. The first-order valence-electron chi connectivity index (χ1n) is 9.38. The van der Waals surface area contributed by atoms with Crippen molar-refractivity contribution in [1.82, 2.24) is 0 Å².